The predicted octanol–water partition coefficient (Wildman–Crippen LogP) is 2.62. The molecule has 1 aromatic carbocycles. The van der Waals surface area contributed by atoms with Crippen LogP contribution in [-0.2, 0) is 13.5 Å². The molecule has 2 N–H and O–H groups in total. The summed E-state index contributed by atoms with van der Waals surface area (Å²) in [4.78, 5) is 6.99. The number of aromatic nitrogens is 2. The number of benzene rings is 1. The summed E-state index contributed by atoms with van der Waals surface area (Å²) in [7, 11) is 5.15. The van der Waals surface area contributed by atoms with E-state index < -0.39 is 6.10 Å². The third kappa shape index (κ3) is 6.73. The third-order valence-corrected chi connectivity index (χ3v) is 5.41. The van der Waals surface area contributed by atoms with Crippen LogP contribution < -0.4 is 14.8 Å². The minimum Gasteiger partial charge on any atom is -0.497 e. The van der Waals surface area contributed by atoms with Gasteiger partial charge in [0.25, 0.3) is 0 Å². The number of nitrogens with zero attached hydrogens (tertiary/aromatic N) is 4. The van der Waals surface area contributed by atoms with Gasteiger partial charge in [0, 0.05) is 38.4 Å². The second-order valence-electron chi connectivity index (χ2n) is 7.65. The molecule has 0 spiro atoms. The number of nitrogens with one attached hydrogen (secondary N) is 1. The fourth-order valence-corrected chi connectivity index (χ4v) is 3.90. The largest absolute Gasteiger partial charge is 0.497 e. The molecule has 1 fully saturated rings. The monoisotopic (exact) mass is 543 g/mol. The fourth-order valence-electron chi connectivity index (χ4n) is 3.90. The van der Waals surface area contributed by atoms with Gasteiger partial charge in [0.1, 0.15) is 17.6 Å². The van der Waals surface area contributed by atoms with E-state index in [9.17, 15) is 5.11 Å². The number of hydrogen-bond acceptors (Lipinski definition) is 5. The van der Waals surface area contributed by atoms with Gasteiger partial charge in [-0.25, -0.2) is 0 Å². The molecule has 2 unspecified atom stereocenters. The zero-order chi connectivity index (χ0) is 21.5. The maximum atomic E-state index is 10.8. The van der Waals surface area contributed by atoms with Crippen LogP contribution in [0.4, 0.5) is 0 Å². The molecular weight excluding hydrogens is 509 g/mol. The minimum absolute atomic E-state index is 0. The quantitative estimate of drug-likeness (QED) is 0.303. The highest BCUT2D eigenvalue weighted by molar-refractivity contribution is 14.0. The van der Waals surface area contributed by atoms with Crippen molar-refractivity contribution in [1.82, 2.24) is 20.0 Å². The normalized spacial score (nSPS) is 17.3. The number of guanidine groups is 1. The number of aliphatic hydroxyl groups is 1. The summed E-state index contributed by atoms with van der Waals surface area (Å²) >= 11 is 0. The van der Waals surface area contributed by atoms with Crippen LogP contribution >= 0.6 is 24.0 Å². The summed E-state index contributed by atoms with van der Waals surface area (Å²) in [6.07, 6.45) is 5.39. The molecule has 0 amide bonds. The van der Waals surface area contributed by atoms with Gasteiger partial charge < -0.3 is 24.8 Å². The van der Waals surface area contributed by atoms with Crippen molar-refractivity contribution in [1.29, 1.82) is 0 Å². The van der Waals surface area contributed by atoms with Crippen LogP contribution in [0.3, 0.4) is 0 Å². The molecule has 3 rings (SSSR count). The Labute approximate surface area is 201 Å². The van der Waals surface area contributed by atoms with E-state index in [-0.39, 0.29) is 30.5 Å². The van der Waals surface area contributed by atoms with E-state index >= 15 is 0 Å². The van der Waals surface area contributed by atoms with E-state index in [1.165, 1.54) is 5.56 Å². The minimum atomic E-state index is -0.780. The fraction of sp³-hybridized carbons (Fsp3) is 0.545. The smallest absolute Gasteiger partial charge is 0.194 e. The summed E-state index contributed by atoms with van der Waals surface area (Å²) in [5, 5.41) is 18.4. The predicted molar refractivity (Wildman–Crippen MR) is 132 cm³/mol. The first-order valence-electron chi connectivity index (χ1n) is 10.4. The number of likely N-dealkylation sites (tertiary alicyclic amines) is 1. The Hall–Kier alpha value is -2.01. The average Bonchev–Trinajstić information content (AvgIpc) is 3.39. The number of aliphatic hydroxyl groups excluding tert-OH is 1. The zero-order valence-electron chi connectivity index (χ0n) is 18.7. The topological polar surface area (TPSA) is 84.1 Å². The highest BCUT2D eigenvalue weighted by Crippen LogP contribution is 2.29. The van der Waals surface area contributed by atoms with E-state index in [1.807, 2.05) is 24.0 Å². The van der Waals surface area contributed by atoms with Crippen molar-refractivity contribution >= 4 is 29.9 Å². The van der Waals surface area contributed by atoms with Crippen molar-refractivity contribution in [2.45, 2.75) is 25.9 Å². The molecule has 0 radical (unpaired) electrons. The Balaban J connectivity index is 0.00000341. The van der Waals surface area contributed by atoms with Gasteiger partial charge in [0.15, 0.2) is 5.96 Å². The Kier molecular flexibility index (Phi) is 9.89. The molecule has 9 heteroatoms. The number of ether oxygens (including phenoxy) is 2. The molecule has 1 aliphatic heterocycles. The molecule has 2 atom stereocenters. The average molecular weight is 543 g/mol. The van der Waals surface area contributed by atoms with Crippen LogP contribution in [0.1, 0.15) is 30.6 Å². The number of aryl methyl sites for hydroxylation is 1. The SMILES string of the molecule is CCNC(=NCC(O)c1cc(OC)ccc1OC)N1CCC(Cc2cnn(C)c2)C1.I. The van der Waals surface area contributed by atoms with Gasteiger partial charge in [-0.2, -0.15) is 5.10 Å². The van der Waals surface area contributed by atoms with Crippen molar-refractivity contribution in [3.05, 3.63) is 41.7 Å². The number of hydrogen-bond donors (Lipinski definition) is 2. The second-order valence-corrected chi connectivity index (χ2v) is 7.65. The van der Waals surface area contributed by atoms with E-state index in [0.717, 1.165) is 38.4 Å². The molecule has 31 heavy (non-hydrogen) atoms. The van der Waals surface area contributed by atoms with Crippen molar-refractivity contribution in [3.63, 3.8) is 0 Å². The molecule has 172 valence electrons. The van der Waals surface area contributed by atoms with Gasteiger partial charge in [-0.15, -0.1) is 24.0 Å². The van der Waals surface area contributed by atoms with E-state index in [0.29, 0.717) is 23.0 Å². The summed E-state index contributed by atoms with van der Waals surface area (Å²) in [5.41, 5.74) is 1.94. The lowest BCUT2D eigenvalue weighted by Gasteiger charge is -2.22. The van der Waals surface area contributed by atoms with Crippen LogP contribution in [0, 0.1) is 5.92 Å². The van der Waals surface area contributed by atoms with Crippen LogP contribution in [0.2, 0.25) is 0 Å². The summed E-state index contributed by atoms with van der Waals surface area (Å²) in [6.45, 7) is 4.98. The van der Waals surface area contributed by atoms with Crippen LogP contribution in [0.5, 0.6) is 11.5 Å². The van der Waals surface area contributed by atoms with Crippen molar-refractivity contribution in [3.8, 4) is 11.5 Å². The Morgan fingerprint density at radius 3 is 2.81 bits per heavy atom. The third-order valence-electron chi connectivity index (χ3n) is 5.41. The first kappa shape index (κ1) is 25.3. The molecule has 2 aromatic rings. The molecule has 8 nitrogen and oxygen atoms in total. The molecule has 1 aromatic heterocycles. The summed E-state index contributed by atoms with van der Waals surface area (Å²) in [6, 6.07) is 5.41. The van der Waals surface area contributed by atoms with E-state index in [1.54, 1.807) is 26.4 Å². The van der Waals surface area contributed by atoms with Gasteiger partial charge in [0.2, 0.25) is 0 Å². The zero-order valence-corrected chi connectivity index (χ0v) is 21.1. The molecular formula is C22H34IN5O3. The van der Waals surface area contributed by atoms with E-state index in [2.05, 4.69) is 28.4 Å². The van der Waals surface area contributed by atoms with Crippen molar-refractivity contribution in [2.75, 3.05) is 40.4 Å². The van der Waals surface area contributed by atoms with Gasteiger partial charge in [-0.05, 0) is 49.4 Å². The number of rotatable bonds is 8. The molecule has 2 heterocycles. The van der Waals surface area contributed by atoms with Gasteiger partial charge in [0.05, 0.1) is 27.0 Å². The van der Waals surface area contributed by atoms with Crippen molar-refractivity contribution in [2.24, 2.45) is 18.0 Å². The number of methoxy groups -OCH3 is 2. The second kappa shape index (κ2) is 12.1. The van der Waals surface area contributed by atoms with Gasteiger partial charge in [-0.1, -0.05) is 0 Å². The Bertz CT molecular complexity index is 857. The first-order valence-corrected chi connectivity index (χ1v) is 10.4. The molecule has 0 saturated carbocycles. The lowest BCUT2D eigenvalue weighted by molar-refractivity contribution is 0.181. The summed E-state index contributed by atoms with van der Waals surface area (Å²) in [5.74, 6) is 2.72. The lowest BCUT2D eigenvalue weighted by Crippen LogP contribution is -2.40. The Morgan fingerprint density at radius 1 is 1.35 bits per heavy atom. The van der Waals surface area contributed by atoms with Crippen molar-refractivity contribution < 1.29 is 14.6 Å². The standard InChI is InChI=1S/C22H33N5O3.HI/c1-5-23-22(27-9-8-16(15-27)10-17-12-25-26(2)14-17)24-13-20(28)19-11-18(29-3)6-7-21(19)30-4;/h6-7,11-12,14,16,20,28H,5,8-10,13,15H2,1-4H3,(H,23,24);1H. The van der Waals surface area contributed by atoms with Crippen LogP contribution in [0.15, 0.2) is 35.6 Å². The first-order chi connectivity index (χ1) is 14.5. The number of aliphatic imine (C=N–C) groups is 1. The lowest BCUT2D eigenvalue weighted by atomic mass is 10.0. The highest BCUT2D eigenvalue weighted by atomic mass is 127. The molecule has 1 aliphatic rings. The van der Waals surface area contributed by atoms with E-state index in [4.69, 9.17) is 14.5 Å². The maximum absolute atomic E-state index is 10.8. The maximum Gasteiger partial charge on any atom is 0.194 e. The Morgan fingerprint density at radius 2 is 2.16 bits per heavy atom. The molecule has 0 bridgehead atoms. The van der Waals surface area contributed by atoms with Crippen LogP contribution in [0.25, 0.3) is 0 Å². The molecule has 1 saturated heterocycles. The highest BCUT2D eigenvalue weighted by Gasteiger charge is 2.25. The van der Waals surface area contributed by atoms with Gasteiger partial charge in [-0.3, -0.25) is 9.67 Å². The van der Waals surface area contributed by atoms with Crippen LogP contribution in [-0.4, -0.2) is 66.1 Å². The summed E-state index contributed by atoms with van der Waals surface area (Å²) < 4.78 is 12.5. The number of halogens is 1. The van der Waals surface area contributed by atoms with Gasteiger partial charge >= 0.3 is 0 Å². The molecule has 0 aliphatic carbocycles.